The van der Waals surface area contributed by atoms with Crippen molar-refractivity contribution in [2.24, 2.45) is 0 Å². The number of aryl methyl sites for hydroxylation is 1. The average molecular weight is 296 g/mol. The molecule has 0 spiro atoms. The Morgan fingerprint density at radius 2 is 2.12 bits per heavy atom. The van der Waals surface area contributed by atoms with Crippen LogP contribution in [-0.4, -0.2) is 0 Å². The first-order valence-electron chi connectivity index (χ1n) is 5.24. The smallest absolute Gasteiger partial charge is 0.0302 e. The molecule has 16 heavy (non-hydrogen) atoms. The summed E-state index contributed by atoms with van der Waals surface area (Å²) in [6.45, 7) is 4.02. The number of halogens is 1. The summed E-state index contributed by atoms with van der Waals surface area (Å²) in [6, 6.07) is 10.7. The fraction of sp³-hybridized carbons (Fsp3) is 0.231. The van der Waals surface area contributed by atoms with Gasteiger partial charge in [0.1, 0.15) is 0 Å². The predicted octanol–water partition coefficient (Wildman–Crippen LogP) is 4.11. The lowest BCUT2D eigenvalue weighted by Crippen LogP contribution is -2.12. The fourth-order valence-electron chi connectivity index (χ4n) is 1.59. The van der Waals surface area contributed by atoms with Crippen molar-refractivity contribution in [3.8, 4) is 0 Å². The highest BCUT2D eigenvalue weighted by Gasteiger charge is 1.99. The molecular weight excluding hydrogens is 282 g/mol. The molecule has 0 radical (unpaired) electrons. The number of nitrogens with one attached hydrogen (secondary N) is 1. The Balaban J connectivity index is 1.90. The Morgan fingerprint density at radius 3 is 2.81 bits per heavy atom. The number of thiophene rings is 1. The largest absolute Gasteiger partial charge is 0.308 e. The SMILES string of the molecule is Cc1cc(Br)ccc1CNCc1cccs1. The highest BCUT2D eigenvalue weighted by Crippen LogP contribution is 2.16. The Kier molecular flexibility index (Phi) is 4.16. The monoisotopic (exact) mass is 295 g/mol. The van der Waals surface area contributed by atoms with E-state index in [9.17, 15) is 0 Å². The highest BCUT2D eigenvalue weighted by molar-refractivity contribution is 9.10. The van der Waals surface area contributed by atoms with E-state index >= 15 is 0 Å². The van der Waals surface area contributed by atoms with Crippen LogP contribution in [0.15, 0.2) is 40.2 Å². The minimum absolute atomic E-state index is 0.928. The molecule has 3 heteroatoms. The lowest BCUT2D eigenvalue weighted by Gasteiger charge is -2.07. The van der Waals surface area contributed by atoms with E-state index in [1.54, 1.807) is 11.3 Å². The van der Waals surface area contributed by atoms with Gasteiger partial charge in [-0.05, 0) is 41.6 Å². The van der Waals surface area contributed by atoms with Crippen LogP contribution in [0, 0.1) is 6.92 Å². The first-order valence-corrected chi connectivity index (χ1v) is 6.91. The summed E-state index contributed by atoms with van der Waals surface area (Å²) >= 11 is 5.27. The van der Waals surface area contributed by atoms with Gasteiger partial charge >= 0.3 is 0 Å². The second-order valence-corrected chi connectivity index (χ2v) is 5.70. The van der Waals surface area contributed by atoms with E-state index in [0.29, 0.717) is 0 Å². The molecule has 0 atom stereocenters. The molecule has 1 heterocycles. The minimum atomic E-state index is 0.928. The molecule has 1 N–H and O–H groups in total. The average Bonchev–Trinajstić information content (AvgIpc) is 2.74. The van der Waals surface area contributed by atoms with Crippen LogP contribution in [0.1, 0.15) is 16.0 Å². The molecule has 2 aromatic rings. The molecule has 0 saturated carbocycles. The minimum Gasteiger partial charge on any atom is -0.308 e. The summed E-state index contributed by atoms with van der Waals surface area (Å²) in [7, 11) is 0. The molecule has 84 valence electrons. The zero-order valence-corrected chi connectivity index (χ0v) is 11.6. The topological polar surface area (TPSA) is 12.0 Å². The number of rotatable bonds is 4. The third kappa shape index (κ3) is 3.17. The van der Waals surface area contributed by atoms with Crippen LogP contribution in [-0.2, 0) is 13.1 Å². The van der Waals surface area contributed by atoms with Crippen LogP contribution < -0.4 is 5.32 Å². The summed E-state index contributed by atoms with van der Waals surface area (Å²) in [5.41, 5.74) is 2.69. The summed E-state index contributed by atoms with van der Waals surface area (Å²) in [5, 5.41) is 5.57. The molecular formula is C13H14BrNS. The van der Waals surface area contributed by atoms with Gasteiger partial charge in [-0.2, -0.15) is 0 Å². The van der Waals surface area contributed by atoms with Crippen LogP contribution in [0.5, 0.6) is 0 Å². The van der Waals surface area contributed by atoms with Crippen LogP contribution in [0.3, 0.4) is 0 Å². The molecule has 0 unspecified atom stereocenters. The molecule has 0 fully saturated rings. The van der Waals surface area contributed by atoms with Gasteiger partial charge in [-0.3, -0.25) is 0 Å². The Labute approximate surface area is 109 Å². The van der Waals surface area contributed by atoms with E-state index in [1.165, 1.54) is 16.0 Å². The number of hydrogen-bond donors (Lipinski definition) is 1. The Bertz CT molecular complexity index is 451. The van der Waals surface area contributed by atoms with Crippen molar-refractivity contribution in [3.63, 3.8) is 0 Å². The summed E-state index contributed by atoms with van der Waals surface area (Å²) < 4.78 is 1.15. The van der Waals surface area contributed by atoms with Crippen LogP contribution in [0.25, 0.3) is 0 Å². The van der Waals surface area contributed by atoms with Crippen molar-refractivity contribution in [1.29, 1.82) is 0 Å². The molecule has 0 aliphatic carbocycles. The van der Waals surface area contributed by atoms with Crippen LogP contribution in [0.4, 0.5) is 0 Å². The van der Waals surface area contributed by atoms with Gasteiger partial charge in [0.25, 0.3) is 0 Å². The van der Waals surface area contributed by atoms with E-state index in [4.69, 9.17) is 0 Å². The Hall–Kier alpha value is -0.640. The van der Waals surface area contributed by atoms with Gasteiger partial charge in [0.05, 0.1) is 0 Å². The molecule has 0 aliphatic rings. The second-order valence-electron chi connectivity index (χ2n) is 3.75. The second kappa shape index (κ2) is 5.62. The van der Waals surface area contributed by atoms with Gasteiger partial charge in [0, 0.05) is 22.4 Å². The predicted molar refractivity (Wildman–Crippen MR) is 73.7 cm³/mol. The number of benzene rings is 1. The van der Waals surface area contributed by atoms with E-state index in [2.05, 4.69) is 63.9 Å². The van der Waals surface area contributed by atoms with E-state index in [1.807, 2.05) is 0 Å². The summed E-state index contributed by atoms with van der Waals surface area (Å²) in [5.74, 6) is 0. The van der Waals surface area contributed by atoms with Crippen molar-refractivity contribution in [3.05, 3.63) is 56.2 Å². The normalized spacial score (nSPS) is 10.6. The van der Waals surface area contributed by atoms with Crippen molar-refractivity contribution in [2.75, 3.05) is 0 Å². The standard InChI is InChI=1S/C13H14BrNS/c1-10-7-12(14)5-4-11(10)8-15-9-13-3-2-6-16-13/h2-7,15H,8-9H2,1H3. The molecule has 0 bridgehead atoms. The summed E-state index contributed by atoms with van der Waals surface area (Å²) in [6.07, 6.45) is 0. The molecule has 0 saturated heterocycles. The van der Waals surface area contributed by atoms with Gasteiger partial charge < -0.3 is 5.32 Å². The maximum atomic E-state index is 3.48. The molecule has 0 aliphatic heterocycles. The maximum Gasteiger partial charge on any atom is 0.0302 e. The number of hydrogen-bond acceptors (Lipinski definition) is 2. The zero-order chi connectivity index (χ0) is 11.4. The van der Waals surface area contributed by atoms with Crippen molar-refractivity contribution in [1.82, 2.24) is 5.32 Å². The lowest BCUT2D eigenvalue weighted by molar-refractivity contribution is 0.698. The first-order chi connectivity index (χ1) is 7.75. The maximum absolute atomic E-state index is 3.48. The van der Waals surface area contributed by atoms with Crippen molar-refractivity contribution in [2.45, 2.75) is 20.0 Å². The molecule has 1 nitrogen and oxygen atoms in total. The van der Waals surface area contributed by atoms with Gasteiger partial charge in [0.15, 0.2) is 0 Å². The highest BCUT2D eigenvalue weighted by atomic mass is 79.9. The van der Waals surface area contributed by atoms with Crippen LogP contribution in [0.2, 0.25) is 0 Å². The van der Waals surface area contributed by atoms with E-state index in [0.717, 1.165) is 17.6 Å². The van der Waals surface area contributed by atoms with Gasteiger partial charge in [-0.1, -0.05) is 28.1 Å². The third-order valence-electron chi connectivity index (χ3n) is 2.50. The summed E-state index contributed by atoms with van der Waals surface area (Å²) in [4.78, 5) is 1.38. The van der Waals surface area contributed by atoms with E-state index in [-0.39, 0.29) is 0 Å². The molecule has 1 aromatic carbocycles. The van der Waals surface area contributed by atoms with Crippen molar-refractivity contribution >= 4 is 27.3 Å². The van der Waals surface area contributed by atoms with Gasteiger partial charge in [-0.15, -0.1) is 11.3 Å². The fourth-order valence-corrected chi connectivity index (χ4v) is 2.74. The van der Waals surface area contributed by atoms with Gasteiger partial charge in [-0.25, -0.2) is 0 Å². The van der Waals surface area contributed by atoms with Crippen molar-refractivity contribution < 1.29 is 0 Å². The molecule has 2 rings (SSSR count). The lowest BCUT2D eigenvalue weighted by atomic mass is 10.1. The van der Waals surface area contributed by atoms with Crippen LogP contribution >= 0.6 is 27.3 Å². The van der Waals surface area contributed by atoms with E-state index < -0.39 is 0 Å². The quantitative estimate of drug-likeness (QED) is 0.895. The van der Waals surface area contributed by atoms with Gasteiger partial charge in [0.2, 0.25) is 0 Å². The molecule has 0 amide bonds. The molecule has 1 aromatic heterocycles. The Morgan fingerprint density at radius 1 is 1.25 bits per heavy atom. The first kappa shape index (κ1) is 11.8. The zero-order valence-electron chi connectivity index (χ0n) is 9.16. The third-order valence-corrected chi connectivity index (χ3v) is 3.87.